The Labute approximate surface area is 197 Å². The number of ether oxygens (including phenoxy) is 2. The fourth-order valence-electron chi connectivity index (χ4n) is 3.03. The second-order valence-electron chi connectivity index (χ2n) is 7.08. The van der Waals surface area contributed by atoms with Crippen LogP contribution >= 0.6 is 0 Å². The van der Waals surface area contributed by atoms with Gasteiger partial charge in [0.1, 0.15) is 38.6 Å². The van der Waals surface area contributed by atoms with Crippen LogP contribution in [0.2, 0.25) is 0 Å². The zero-order valence-corrected chi connectivity index (χ0v) is 18.9. The Bertz CT molecular complexity index is 1110. The summed E-state index contributed by atoms with van der Waals surface area (Å²) in [4.78, 5) is 64.4. The highest BCUT2D eigenvalue weighted by atomic mass is 16.6. The number of aliphatic carboxylic acids is 1. The molecule has 0 atom stereocenters. The highest BCUT2D eigenvalue weighted by Gasteiger charge is 2.24. The highest BCUT2D eigenvalue weighted by Crippen LogP contribution is 2.14. The molecule has 1 amide bonds. The summed E-state index contributed by atoms with van der Waals surface area (Å²) < 4.78 is 12.5. The van der Waals surface area contributed by atoms with E-state index in [0.29, 0.717) is 16.5 Å². The van der Waals surface area contributed by atoms with Gasteiger partial charge in [0.25, 0.3) is 0 Å². The van der Waals surface area contributed by atoms with Gasteiger partial charge >= 0.3 is 29.7 Å². The van der Waals surface area contributed by atoms with Crippen LogP contribution in [-0.4, -0.2) is 83.3 Å². The number of hydrogen-bond donors (Lipinski definition) is 1. The van der Waals surface area contributed by atoms with Crippen LogP contribution in [0.5, 0.6) is 0 Å². The zero-order valence-electron chi connectivity index (χ0n) is 18.9. The molecule has 17 nitrogen and oxygen atoms in total. The number of imidazole rings is 2. The van der Waals surface area contributed by atoms with Gasteiger partial charge in [-0.2, -0.15) is 0 Å². The topological polar surface area (TPSA) is 215 Å². The number of carboxylic acids is 1. The minimum Gasteiger partial charge on any atom is -0.480 e. The first-order valence-electron chi connectivity index (χ1n) is 10.1. The largest absolute Gasteiger partial charge is 0.480 e. The van der Waals surface area contributed by atoms with Crippen LogP contribution in [0.15, 0.2) is 12.4 Å². The lowest BCUT2D eigenvalue weighted by Crippen LogP contribution is -2.40. The van der Waals surface area contributed by atoms with Gasteiger partial charge < -0.3 is 34.8 Å². The maximum absolute atomic E-state index is 12.3. The first kappa shape index (κ1) is 26.7. The van der Waals surface area contributed by atoms with Crippen LogP contribution in [0.25, 0.3) is 0 Å². The van der Waals surface area contributed by atoms with Crippen LogP contribution in [0.1, 0.15) is 18.1 Å². The zero-order chi connectivity index (χ0) is 26.1. The normalized spacial score (nSPS) is 10.6. The molecule has 190 valence electrons. The number of aromatic nitrogens is 4. The number of carboxylic acid groups (broad SMARTS) is 1. The van der Waals surface area contributed by atoms with E-state index in [9.17, 15) is 34.6 Å². The van der Waals surface area contributed by atoms with Crippen LogP contribution in [0.3, 0.4) is 0 Å². The Morgan fingerprint density at radius 2 is 1.49 bits per heavy atom. The fourth-order valence-corrected chi connectivity index (χ4v) is 3.03. The molecule has 0 bridgehead atoms. The Hall–Kier alpha value is -4.57. The van der Waals surface area contributed by atoms with Crippen molar-refractivity contribution < 1.29 is 38.8 Å². The van der Waals surface area contributed by atoms with Gasteiger partial charge in [-0.15, -0.1) is 0 Å². The number of rotatable bonds is 13. The third-order valence-electron chi connectivity index (χ3n) is 4.68. The molecule has 0 aliphatic heterocycles. The summed E-state index contributed by atoms with van der Waals surface area (Å²) in [6.07, 6.45) is 1.24. The maximum Gasteiger partial charge on any atom is 0.410 e. The maximum atomic E-state index is 12.3. The summed E-state index contributed by atoms with van der Waals surface area (Å²) >= 11 is 0. The summed E-state index contributed by atoms with van der Waals surface area (Å²) in [6.45, 7) is 1.08. The number of esters is 1. The minimum absolute atomic E-state index is 0.112. The molecule has 0 fully saturated rings. The van der Waals surface area contributed by atoms with Crippen molar-refractivity contribution in [3.8, 4) is 0 Å². The SMILES string of the molecule is Cc1ncc([N+](=O)[O-])n1CCCOC(=O)CN(CC(=O)O)C(=O)OCCn1c([N+](=O)[O-])cnc1C. The molecule has 0 aliphatic rings. The molecule has 2 aromatic rings. The van der Waals surface area contributed by atoms with Gasteiger partial charge in [0.15, 0.2) is 11.6 Å². The van der Waals surface area contributed by atoms with Gasteiger partial charge in [0, 0.05) is 20.3 Å². The molecule has 35 heavy (non-hydrogen) atoms. The van der Waals surface area contributed by atoms with Gasteiger partial charge in [0.05, 0.1) is 13.2 Å². The highest BCUT2D eigenvalue weighted by molar-refractivity contribution is 5.82. The molecule has 0 aromatic carbocycles. The van der Waals surface area contributed by atoms with E-state index in [1.165, 1.54) is 16.1 Å². The molecule has 2 heterocycles. The van der Waals surface area contributed by atoms with Crippen molar-refractivity contribution in [3.63, 3.8) is 0 Å². The molecule has 2 rings (SSSR count). The Balaban J connectivity index is 1.85. The van der Waals surface area contributed by atoms with Crippen molar-refractivity contribution in [1.29, 1.82) is 0 Å². The third kappa shape index (κ3) is 7.47. The molecule has 0 saturated carbocycles. The molecule has 0 saturated heterocycles. The molecule has 0 aliphatic carbocycles. The quantitative estimate of drug-likeness (QED) is 0.175. The third-order valence-corrected chi connectivity index (χ3v) is 4.68. The van der Waals surface area contributed by atoms with Crippen LogP contribution in [-0.2, 0) is 32.2 Å². The van der Waals surface area contributed by atoms with Gasteiger partial charge in [-0.1, -0.05) is 0 Å². The van der Waals surface area contributed by atoms with Gasteiger partial charge in [-0.25, -0.2) is 23.9 Å². The van der Waals surface area contributed by atoms with Gasteiger partial charge in [-0.05, 0) is 9.85 Å². The second-order valence-corrected chi connectivity index (χ2v) is 7.08. The molecule has 0 radical (unpaired) electrons. The Kier molecular flexibility index (Phi) is 9.19. The van der Waals surface area contributed by atoms with E-state index >= 15 is 0 Å². The number of aryl methyl sites for hydroxylation is 2. The van der Waals surface area contributed by atoms with E-state index in [-0.39, 0.29) is 44.4 Å². The molecule has 1 N–H and O–H groups in total. The molecule has 0 spiro atoms. The van der Waals surface area contributed by atoms with E-state index in [0.717, 1.165) is 12.4 Å². The van der Waals surface area contributed by atoms with E-state index in [2.05, 4.69) is 9.97 Å². The summed E-state index contributed by atoms with van der Waals surface area (Å²) in [5.74, 6) is -2.11. The summed E-state index contributed by atoms with van der Waals surface area (Å²) in [5, 5.41) is 31.0. The number of carbonyl (C=O) groups is 3. The predicted octanol–water partition coefficient (Wildman–Crippen LogP) is 0.670. The molecule has 2 aromatic heterocycles. The van der Waals surface area contributed by atoms with Crippen molar-refractivity contribution in [2.24, 2.45) is 0 Å². The van der Waals surface area contributed by atoms with E-state index in [1.807, 2.05) is 0 Å². The van der Waals surface area contributed by atoms with Crippen LogP contribution < -0.4 is 0 Å². The second kappa shape index (κ2) is 12.1. The number of hydrogen-bond acceptors (Lipinski definition) is 11. The van der Waals surface area contributed by atoms with Crippen LogP contribution in [0.4, 0.5) is 16.4 Å². The molecule has 0 unspecified atom stereocenters. The Morgan fingerprint density at radius 1 is 0.943 bits per heavy atom. The lowest BCUT2D eigenvalue weighted by Gasteiger charge is -2.19. The average Bonchev–Trinajstić information content (AvgIpc) is 3.33. The lowest BCUT2D eigenvalue weighted by molar-refractivity contribution is -0.392. The first-order valence-corrected chi connectivity index (χ1v) is 10.1. The van der Waals surface area contributed by atoms with Crippen molar-refractivity contribution in [3.05, 3.63) is 44.3 Å². The summed E-state index contributed by atoms with van der Waals surface area (Å²) in [6, 6.07) is 0. The van der Waals surface area contributed by atoms with Crippen molar-refractivity contribution in [1.82, 2.24) is 24.0 Å². The van der Waals surface area contributed by atoms with Crippen LogP contribution in [0, 0.1) is 34.1 Å². The molecular formula is C18H23N7O10. The van der Waals surface area contributed by atoms with E-state index < -0.39 is 41.0 Å². The van der Waals surface area contributed by atoms with Gasteiger partial charge in [-0.3, -0.25) is 14.5 Å². The smallest absolute Gasteiger partial charge is 0.410 e. The first-order chi connectivity index (χ1) is 16.5. The summed E-state index contributed by atoms with van der Waals surface area (Å²) in [5.41, 5.74) is 0. The number of nitrogens with zero attached hydrogens (tertiary/aromatic N) is 7. The number of nitro groups is 2. The monoisotopic (exact) mass is 497 g/mol. The predicted molar refractivity (Wildman–Crippen MR) is 113 cm³/mol. The van der Waals surface area contributed by atoms with Gasteiger partial charge in [0.2, 0.25) is 0 Å². The number of carbonyl (C=O) groups excluding carboxylic acids is 2. The van der Waals surface area contributed by atoms with E-state index in [4.69, 9.17) is 14.6 Å². The number of amides is 1. The van der Waals surface area contributed by atoms with Crippen molar-refractivity contribution in [2.45, 2.75) is 33.4 Å². The standard InChI is InChI=1S/C18H23N7O10/c1-12-19-8-14(24(30)31)22(12)4-3-6-34-17(28)11-21(10-16(26)27)18(29)35-7-5-23-13(2)20-9-15(23)25(32)33/h8-9H,3-7,10-11H2,1-2H3,(H,26,27). The summed E-state index contributed by atoms with van der Waals surface area (Å²) in [7, 11) is 0. The van der Waals surface area contributed by atoms with Crippen molar-refractivity contribution >= 4 is 29.7 Å². The Morgan fingerprint density at radius 3 is 2.00 bits per heavy atom. The van der Waals surface area contributed by atoms with Crippen molar-refractivity contribution in [2.75, 3.05) is 26.3 Å². The lowest BCUT2D eigenvalue weighted by atomic mass is 10.4. The minimum atomic E-state index is -1.40. The average molecular weight is 497 g/mol. The molecule has 17 heteroatoms. The van der Waals surface area contributed by atoms with E-state index in [1.54, 1.807) is 6.92 Å². The molecular weight excluding hydrogens is 474 g/mol. The fraction of sp³-hybridized carbons (Fsp3) is 0.500.